The van der Waals surface area contributed by atoms with Crippen molar-refractivity contribution in [2.75, 3.05) is 26.8 Å². The number of nitrogens with zero attached hydrogens (tertiary/aromatic N) is 3. The highest BCUT2D eigenvalue weighted by Gasteiger charge is 2.28. The van der Waals surface area contributed by atoms with Gasteiger partial charge < -0.3 is 14.2 Å². The molecule has 0 aromatic carbocycles. The van der Waals surface area contributed by atoms with Gasteiger partial charge in [-0.15, -0.1) is 0 Å². The number of halogens is 3. The maximum atomic E-state index is 11.9. The van der Waals surface area contributed by atoms with Gasteiger partial charge in [-0.25, -0.2) is 4.98 Å². The van der Waals surface area contributed by atoms with Crippen LogP contribution >= 0.6 is 0 Å². The lowest BCUT2D eigenvalue weighted by Crippen LogP contribution is -2.37. The predicted molar refractivity (Wildman–Crippen MR) is 68.5 cm³/mol. The summed E-state index contributed by atoms with van der Waals surface area (Å²) in [5, 5.41) is 0. The van der Waals surface area contributed by atoms with Gasteiger partial charge in [0.2, 0.25) is 5.91 Å². The number of likely N-dealkylation sites (N-methyl/N-ethyl adjacent to an activating group) is 1. The van der Waals surface area contributed by atoms with E-state index in [4.69, 9.17) is 0 Å². The molecular formula is C13H18F3N3O2. The molecule has 0 aliphatic carbocycles. The van der Waals surface area contributed by atoms with Crippen molar-refractivity contribution in [1.29, 1.82) is 0 Å². The lowest BCUT2D eigenvalue weighted by molar-refractivity contribution is -0.177. The summed E-state index contributed by atoms with van der Waals surface area (Å²) in [4.78, 5) is 17.4. The van der Waals surface area contributed by atoms with Gasteiger partial charge in [0.15, 0.2) is 0 Å². The lowest BCUT2D eigenvalue weighted by atomic mass is 9.99. The van der Waals surface area contributed by atoms with Crippen molar-refractivity contribution in [2.24, 2.45) is 5.92 Å². The fourth-order valence-corrected chi connectivity index (χ4v) is 2.44. The lowest BCUT2D eigenvalue weighted by Gasteiger charge is -2.28. The first-order valence-corrected chi connectivity index (χ1v) is 6.73. The zero-order valence-electron chi connectivity index (χ0n) is 11.8. The quantitative estimate of drug-likeness (QED) is 0.828. The van der Waals surface area contributed by atoms with E-state index >= 15 is 0 Å². The van der Waals surface area contributed by atoms with Crippen LogP contribution in [0, 0.1) is 5.92 Å². The van der Waals surface area contributed by atoms with Crippen molar-refractivity contribution in [3.05, 3.63) is 18.2 Å². The van der Waals surface area contributed by atoms with E-state index in [0.29, 0.717) is 6.54 Å². The number of fused-ring (bicyclic) bond motifs is 1. The third kappa shape index (κ3) is 4.73. The Kier molecular flexibility index (Phi) is 4.87. The Bertz CT molecular complexity index is 487. The maximum absolute atomic E-state index is 11.9. The van der Waals surface area contributed by atoms with Crippen molar-refractivity contribution >= 4 is 5.91 Å². The first-order chi connectivity index (χ1) is 9.85. The molecule has 8 heteroatoms. The highest BCUT2D eigenvalue weighted by atomic mass is 19.4. The summed E-state index contributed by atoms with van der Waals surface area (Å²) in [6, 6.07) is 0. The van der Waals surface area contributed by atoms with E-state index < -0.39 is 25.3 Å². The third-order valence-electron chi connectivity index (χ3n) is 3.48. The molecule has 21 heavy (non-hydrogen) atoms. The maximum Gasteiger partial charge on any atom is 0.411 e. The summed E-state index contributed by atoms with van der Waals surface area (Å²) in [6.45, 7) is -0.657. The van der Waals surface area contributed by atoms with Gasteiger partial charge in [-0.05, 0) is 12.3 Å². The van der Waals surface area contributed by atoms with Gasteiger partial charge in [0.05, 0.1) is 0 Å². The number of ether oxygens (including phenoxy) is 1. The Labute approximate surface area is 120 Å². The van der Waals surface area contributed by atoms with Crippen LogP contribution in [0.25, 0.3) is 0 Å². The van der Waals surface area contributed by atoms with Crippen LogP contribution < -0.4 is 0 Å². The molecule has 2 heterocycles. The summed E-state index contributed by atoms with van der Waals surface area (Å²) >= 11 is 0. The number of carbonyl (C=O) groups excluding carboxylic acids is 1. The van der Waals surface area contributed by atoms with Gasteiger partial charge in [0, 0.05) is 39.0 Å². The summed E-state index contributed by atoms with van der Waals surface area (Å²) in [5.41, 5.74) is 0. The fourth-order valence-electron chi connectivity index (χ4n) is 2.44. The molecule has 1 amide bonds. The Morgan fingerprint density at radius 3 is 3.05 bits per heavy atom. The monoisotopic (exact) mass is 305 g/mol. The molecule has 0 saturated heterocycles. The Hall–Kier alpha value is -1.57. The number of rotatable bonds is 5. The van der Waals surface area contributed by atoms with Crippen LogP contribution in [-0.4, -0.2) is 53.3 Å². The largest absolute Gasteiger partial charge is 0.411 e. The SMILES string of the molecule is CN(C[C@@H]1CCc2nccn2C1)C(=O)COCC(F)(F)F. The van der Waals surface area contributed by atoms with Crippen molar-refractivity contribution < 1.29 is 22.7 Å². The van der Waals surface area contributed by atoms with E-state index in [9.17, 15) is 18.0 Å². The van der Waals surface area contributed by atoms with E-state index in [1.54, 1.807) is 13.2 Å². The van der Waals surface area contributed by atoms with Gasteiger partial charge in [-0.2, -0.15) is 13.2 Å². The second-order valence-corrected chi connectivity index (χ2v) is 5.28. The van der Waals surface area contributed by atoms with E-state index in [1.807, 2.05) is 10.8 Å². The highest BCUT2D eigenvalue weighted by Crippen LogP contribution is 2.19. The van der Waals surface area contributed by atoms with Crippen LogP contribution in [0.3, 0.4) is 0 Å². The van der Waals surface area contributed by atoms with Crippen LogP contribution in [0.15, 0.2) is 12.4 Å². The molecule has 1 aromatic heterocycles. The Morgan fingerprint density at radius 2 is 2.33 bits per heavy atom. The number of hydrogen-bond acceptors (Lipinski definition) is 3. The second-order valence-electron chi connectivity index (χ2n) is 5.28. The number of amides is 1. The van der Waals surface area contributed by atoms with Crippen molar-refractivity contribution in [1.82, 2.24) is 14.5 Å². The molecule has 0 fully saturated rings. The average molecular weight is 305 g/mol. The Morgan fingerprint density at radius 1 is 1.57 bits per heavy atom. The standard InChI is InChI=1S/C13H18F3N3O2/c1-18(12(20)8-21-9-13(14,15)16)6-10-2-3-11-17-4-5-19(11)7-10/h4-5,10H,2-3,6-9H2,1H3/t10-/m0/s1. The van der Waals surface area contributed by atoms with Crippen molar-refractivity contribution in [3.63, 3.8) is 0 Å². The van der Waals surface area contributed by atoms with E-state index in [1.165, 1.54) is 4.90 Å². The molecule has 1 aliphatic heterocycles. The van der Waals surface area contributed by atoms with Crippen LogP contribution in [0.2, 0.25) is 0 Å². The fraction of sp³-hybridized carbons (Fsp3) is 0.692. The summed E-state index contributed by atoms with van der Waals surface area (Å²) < 4.78 is 42.2. The molecular weight excluding hydrogens is 287 g/mol. The van der Waals surface area contributed by atoms with E-state index in [2.05, 4.69) is 9.72 Å². The molecule has 1 atom stereocenters. The topological polar surface area (TPSA) is 47.4 Å². The van der Waals surface area contributed by atoms with E-state index in [0.717, 1.165) is 25.2 Å². The summed E-state index contributed by atoms with van der Waals surface area (Å²) in [5.74, 6) is 0.882. The van der Waals surface area contributed by atoms with E-state index in [-0.39, 0.29) is 5.92 Å². The Balaban J connectivity index is 1.74. The molecule has 1 aromatic rings. The normalized spacial score (nSPS) is 18.4. The number of alkyl halides is 3. The van der Waals surface area contributed by atoms with Gasteiger partial charge in [-0.1, -0.05) is 0 Å². The third-order valence-corrected chi connectivity index (χ3v) is 3.48. The first kappa shape index (κ1) is 15.8. The summed E-state index contributed by atoms with van der Waals surface area (Å²) in [6.07, 6.45) is 1.01. The van der Waals surface area contributed by atoms with Gasteiger partial charge in [-0.3, -0.25) is 4.79 Å². The molecule has 118 valence electrons. The van der Waals surface area contributed by atoms with Crippen LogP contribution in [0.1, 0.15) is 12.2 Å². The number of imidazole rings is 1. The summed E-state index contributed by atoms with van der Waals surface area (Å²) in [7, 11) is 1.59. The highest BCUT2D eigenvalue weighted by molar-refractivity contribution is 5.77. The molecule has 2 rings (SSSR count). The number of hydrogen-bond donors (Lipinski definition) is 0. The minimum absolute atomic E-state index is 0.281. The van der Waals surface area contributed by atoms with Gasteiger partial charge in [0.1, 0.15) is 19.0 Å². The number of aryl methyl sites for hydroxylation is 1. The predicted octanol–water partition coefficient (Wildman–Crippen LogP) is 1.48. The first-order valence-electron chi connectivity index (χ1n) is 6.73. The smallest absolute Gasteiger partial charge is 0.362 e. The zero-order valence-corrected chi connectivity index (χ0v) is 11.8. The minimum Gasteiger partial charge on any atom is -0.362 e. The van der Waals surface area contributed by atoms with Crippen molar-refractivity contribution in [2.45, 2.75) is 25.6 Å². The zero-order chi connectivity index (χ0) is 15.5. The van der Waals surface area contributed by atoms with Crippen LogP contribution in [0.5, 0.6) is 0 Å². The van der Waals surface area contributed by atoms with Crippen molar-refractivity contribution in [3.8, 4) is 0 Å². The average Bonchev–Trinajstić information content (AvgIpc) is 2.84. The molecule has 0 spiro atoms. The molecule has 0 radical (unpaired) electrons. The molecule has 5 nitrogen and oxygen atoms in total. The van der Waals surface area contributed by atoms with Crippen LogP contribution in [-0.2, 0) is 22.5 Å². The molecule has 0 saturated carbocycles. The molecule has 0 bridgehead atoms. The molecule has 0 N–H and O–H groups in total. The molecule has 1 aliphatic rings. The second kappa shape index (κ2) is 6.46. The van der Waals surface area contributed by atoms with Gasteiger partial charge in [0.25, 0.3) is 0 Å². The number of aromatic nitrogens is 2. The van der Waals surface area contributed by atoms with Gasteiger partial charge >= 0.3 is 6.18 Å². The van der Waals surface area contributed by atoms with Crippen LogP contribution in [0.4, 0.5) is 13.2 Å². The minimum atomic E-state index is -4.40. The number of carbonyl (C=O) groups is 1. The molecule has 0 unspecified atom stereocenters.